The van der Waals surface area contributed by atoms with Crippen molar-refractivity contribution in [3.8, 4) is 11.5 Å². The van der Waals surface area contributed by atoms with Gasteiger partial charge in [-0.3, -0.25) is 4.79 Å². The van der Waals surface area contributed by atoms with Gasteiger partial charge in [-0.25, -0.2) is 4.79 Å². The Balaban J connectivity index is 2.32. The highest BCUT2D eigenvalue weighted by Gasteiger charge is 2.34. The molecule has 29 heavy (non-hydrogen) atoms. The van der Waals surface area contributed by atoms with Gasteiger partial charge in [0.15, 0.2) is 6.10 Å². The lowest BCUT2D eigenvalue weighted by atomic mass is 9.86. The lowest BCUT2D eigenvalue weighted by Crippen LogP contribution is -2.34. The number of phenolic OH excluding ortho intramolecular Hbond substituents is 2. The van der Waals surface area contributed by atoms with Gasteiger partial charge in [0.25, 0.3) is 0 Å². The van der Waals surface area contributed by atoms with E-state index in [1.54, 1.807) is 12.1 Å². The fourth-order valence-corrected chi connectivity index (χ4v) is 3.02. The number of rotatable bonds is 8. The molecule has 6 nitrogen and oxygen atoms in total. The average Bonchev–Trinajstić information content (AvgIpc) is 2.69. The minimum Gasteiger partial charge on any atom is -0.508 e. The molecule has 0 heterocycles. The molecule has 3 N–H and O–H groups in total. The monoisotopic (exact) mass is 398 g/mol. The van der Waals surface area contributed by atoms with Gasteiger partial charge in [-0.15, -0.1) is 0 Å². The molecule has 0 amide bonds. The fraction of sp³-hybridized carbons (Fsp3) is 0.304. The van der Waals surface area contributed by atoms with Crippen molar-refractivity contribution in [2.24, 2.45) is 0 Å². The summed E-state index contributed by atoms with van der Waals surface area (Å²) in [5, 5.41) is 29.9. The number of phenols is 2. The Morgan fingerprint density at radius 1 is 1.07 bits per heavy atom. The summed E-state index contributed by atoms with van der Waals surface area (Å²) in [6, 6.07) is 10.7. The molecule has 2 aromatic carbocycles. The molecule has 154 valence electrons. The summed E-state index contributed by atoms with van der Waals surface area (Å²) in [7, 11) is 1.14. The van der Waals surface area contributed by atoms with Crippen LogP contribution in [0.15, 0.2) is 54.1 Å². The zero-order chi connectivity index (χ0) is 21.6. The van der Waals surface area contributed by atoms with E-state index in [1.807, 2.05) is 19.9 Å². The maximum absolute atomic E-state index is 13.0. The Bertz CT molecular complexity index is 894. The van der Waals surface area contributed by atoms with Crippen LogP contribution in [-0.2, 0) is 27.2 Å². The number of hydrogen-bond donors (Lipinski definition) is 3. The molecule has 2 aromatic rings. The maximum Gasteiger partial charge on any atom is 0.335 e. The number of hydrogen-bond acceptors (Lipinski definition) is 6. The van der Waals surface area contributed by atoms with Crippen LogP contribution in [0.2, 0.25) is 0 Å². The maximum atomic E-state index is 13.0. The third-order valence-electron chi connectivity index (χ3n) is 4.61. The van der Waals surface area contributed by atoms with Gasteiger partial charge in [-0.2, -0.15) is 0 Å². The van der Waals surface area contributed by atoms with Crippen LogP contribution in [0.5, 0.6) is 11.5 Å². The number of esters is 1. The van der Waals surface area contributed by atoms with Crippen LogP contribution in [0.3, 0.4) is 0 Å². The van der Waals surface area contributed by atoms with Gasteiger partial charge >= 0.3 is 5.97 Å². The highest BCUT2D eigenvalue weighted by atomic mass is 16.5. The lowest BCUT2D eigenvalue weighted by Gasteiger charge is -2.21. The molecule has 0 bridgehead atoms. The summed E-state index contributed by atoms with van der Waals surface area (Å²) in [6.45, 7) is 3.92. The van der Waals surface area contributed by atoms with Crippen LogP contribution in [0.4, 0.5) is 0 Å². The number of carbonyl (C=O) groups excluding carboxylic acids is 2. The molecular formula is C23H26O6. The molecule has 0 unspecified atom stereocenters. The molecule has 2 rings (SSSR count). The first kappa shape index (κ1) is 22.2. The van der Waals surface area contributed by atoms with Gasteiger partial charge in [-0.1, -0.05) is 35.9 Å². The van der Waals surface area contributed by atoms with Crippen LogP contribution in [0.1, 0.15) is 36.5 Å². The topological polar surface area (TPSA) is 104 Å². The molecule has 0 aliphatic heterocycles. The number of benzene rings is 2. The third-order valence-corrected chi connectivity index (χ3v) is 4.61. The molecule has 0 fully saturated rings. The predicted octanol–water partition coefficient (Wildman–Crippen LogP) is 3.04. The van der Waals surface area contributed by atoms with E-state index >= 15 is 0 Å². The smallest absolute Gasteiger partial charge is 0.335 e. The molecule has 0 aromatic heterocycles. The van der Waals surface area contributed by atoms with E-state index in [2.05, 4.69) is 4.74 Å². The van der Waals surface area contributed by atoms with Crippen molar-refractivity contribution in [2.75, 3.05) is 7.11 Å². The molecule has 0 aliphatic carbocycles. The highest BCUT2D eigenvalue weighted by Crippen LogP contribution is 2.27. The second-order valence-electron chi connectivity index (χ2n) is 7.13. The number of allylic oxidation sites excluding steroid dienone is 2. The summed E-state index contributed by atoms with van der Waals surface area (Å²) in [4.78, 5) is 24.9. The fourth-order valence-electron chi connectivity index (χ4n) is 3.02. The third kappa shape index (κ3) is 5.93. The number of aliphatic hydroxyl groups is 1. The number of aliphatic hydroxyl groups excluding tert-OH is 1. The zero-order valence-electron chi connectivity index (χ0n) is 16.8. The first-order valence-corrected chi connectivity index (χ1v) is 9.24. The van der Waals surface area contributed by atoms with Crippen LogP contribution >= 0.6 is 0 Å². The summed E-state index contributed by atoms with van der Waals surface area (Å²) in [5.74, 6) is -2.28. The second kappa shape index (κ2) is 9.89. The largest absolute Gasteiger partial charge is 0.508 e. The quantitative estimate of drug-likeness (QED) is 0.466. The summed E-state index contributed by atoms with van der Waals surface area (Å²) in [6.07, 6.45) is 0.796. The molecule has 0 aliphatic rings. The Morgan fingerprint density at radius 2 is 1.72 bits per heavy atom. The number of Topliss-reactive ketones (excluding diaryl/α,β-unsaturated/α-hetero) is 1. The first-order valence-electron chi connectivity index (χ1n) is 9.24. The van der Waals surface area contributed by atoms with E-state index in [0.29, 0.717) is 23.1 Å². The molecule has 0 radical (unpaired) electrons. The van der Waals surface area contributed by atoms with Gasteiger partial charge in [0.2, 0.25) is 0 Å². The Labute approximate surface area is 170 Å². The standard InChI is InChI=1S/C23H26O6/c1-14(2)4-6-17-12-15(5-11-19(17)25)13-20(26)21(22(27)23(28)29-3)16-7-9-18(24)10-8-16/h4-5,7-12,21-22,24-25,27H,6,13H2,1-3H3/t21-,22-/m1/s1. The highest BCUT2D eigenvalue weighted by molar-refractivity contribution is 5.93. The molecule has 0 spiro atoms. The Morgan fingerprint density at radius 3 is 2.31 bits per heavy atom. The molecule has 6 heteroatoms. The van der Waals surface area contributed by atoms with Crippen molar-refractivity contribution in [3.05, 3.63) is 70.8 Å². The van der Waals surface area contributed by atoms with E-state index in [9.17, 15) is 24.9 Å². The number of carbonyl (C=O) groups is 2. The predicted molar refractivity (Wildman–Crippen MR) is 109 cm³/mol. The number of ether oxygens (including phenoxy) is 1. The first-order chi connectivity index (χ1) is 13.7. The molecule has 0 saturated heterocycles. The number of ketones is 1. The van der Waals surface area contributed by atoms with Gasteiger partial charge in [-0.05, 0) is 55.2 Å². The van der Waals surface area contributed by atoms with Crippen molar-refractivity contribution in [3.63, 3.8) is 0 Å². The van der Waals surface area contributed by atoms with Gasteiger partial charge in [0, 0.05) is 6.42 Å². The van der Waals surface area contributed by atoms with Gasteiger partial charge < -0.3 is 20.1 Å². The van der Waals surface area contributed by atoms with Gasteiger partial charge in [0.05, 0.1) is 13.0 Å². The van der Waals surface area contributed by atoms with Crippen LogP contribution in [-0.4, -0.2) is 40.3 Å². The van der Waals surface area contributed by atoms with Crippen molar-refractivity contribution in [2.45, 2.75) is 38.7 Å². The summed E-state index contributed by atoms with van der Waals surface area (Å²) < 4.78 is 4.60. The molecular weight excluding hydrogens is 372 g/mol. The van der Waals surface area contributed by atoms with E-state index in [1.165, 1.54) is 30.3 Å². The lowest BCUT2D eigenvalue weighted by molar-refractivity contribution is -0.153. The molecule has 2 atom stereocenters. The van der Waals surface area contributed by atoms with Crippen molar-refractivity contribution < 1.29 is 29.6 Å². The number of aromatic hydroxyl groups is 2. The van der Waals surface area contributed by atoms with Crippen molar-refractivity contribution in [1.29, 1.82) is 0 Å². The Hall–Kier alpha value is -3.12. The minimum absolute atomic E-state index is 0.00922. The normalized spacial score (nSPS) is 12.7. The second-order valence-corrected chi connectivity index (χ2v) is 7.13. The SMILES string of the molecule is COC(=O)[C@H](O)[C@@H](C(=O)Cc1ccc(O)c(CC=C(C)C)c1)c1ccc(O)cc1. The average molecular weight is 398 g/mol. The van der Waals surface area contributed by atoms with Crippen LogP contribution < -0.4 is 0 Å². The summed E-state index contributed by atoms with van der Waals surface area (Å²) in [5.41, 5.74) is 2.85. The number of methoxy groups -OCH3 is 1. The van der Waals surface area contributed by atoms with E-state index in [0.717, 1.165) is 12.7 Å². The van der Waals surface area contributed by atoms with E-state index < -0.39 is 18.0 Å². The van der Waals surface area contributed by atoms with Crippen LogP contribution in [0.25, 0.3) is 0 Å². The zero-order valence-corrected chi connectivity index (χ0v) is 16.8. The Kier molecular flexibility index (Phi) is 7.56. The van der Waals surface area contributed by atoms with E-state index in [4.69, 9.17) is 0 Å². The van der Waals surface area contributed by atoms with Crippen molar-refractivity contribution >= 4 is 11.8 Å². The van der Waals surface area contributed by atoms with Crippen LogP contribution in [0, 0.1) is 0 Å². The van der Waals surface area contributed by atoms with E-state index in [-0.39, 0.29) is 23.7 Å². The van der Waals surface area contributed by atoms with Crippen molar-refractivity contribution in [1.82, 2.24) is 0 Å². The van der Waals surface area contributed by atoms with Gasteiger partial charge in [0.1, 0.15) is 17.3 Å². The minimum atomic E-state index is -1.67. The molecule has 0 saturated carbocycles. The summed E-state index contributed by atoms with van der Waals surface area (Å²) >= 11 is 0.